The molecule has 11 rings (SSSR count). The van der Waals surface area contributed by atoms with Crippen molar-refractivity contribution in [2.45, 2.75) is 27.7 Å². The molecule has 0 radical (unpaired) electrons. The summed E-state index contributed by atoms with van der Waals surface area (Å²) in [5.41, 5.74) is 18.0. The van der Waals surface area contributed by atoms with E-state index in [4.69, 9.17) is 9.97 Å². The number of aryl methyl sites for hydroxylation is 4. The number of hydrogen-bond acceptors (Lipinski definition) is 2. The van der Waals surface area contributed by atoms with E-state index in [-0.39, 0.29) is 0 Å². The van der Waals surface area contributed by atoms with Crippen molar-refractivity contribution in [3.05, 3.63) is 180 Å². The molecule has 0 saturated carbocycles. The van der Waals surface area contributed by atoms with E-state index >= 15 is 0 Å². The van der Waals surface area contributed by atoms with E-state index in [0.29, 0.717) is 0 Å². The van der Waals surface area contributed by atoms with Gasteiger partial charge in [-0.05, 0) is 113 Å². The number of aromatic nitrogens is 4. The molecular weight excluding hydrogens is 681 g/mol. The molecule has 7 aromatic carbocycles. The number of pyridine rings is 2. The molecule has 4 heteroatoms. The molecule has 11 aromatic rings. The van der Waals surface area contributed by atoms with E-state index in [1.807, 2.05) is 0 Å². The summed E-state index contributed by atoms with van der Waals surface area (Å²) in [4.78, 5) is 10.5. The van der Waals surface area contributed by atoms with Crippen LogP contribution in [0.1, 0.15) is 22.3 Å². The Labute approximate surface area is 324 Å². The number of hydrogen-bond donors (Lipinski definition) is 0. The molecule has 4 nitrogen and oxygen atoms in total. The van der Waals surface area contributed by atoms with Crippen LogP contribution in [0.3, 0.4) is 0 Å². The van der Waals surface area contributed by atoms with Crippen LogP contribution in [0.5, 0.6) is 0 Å². The second-order valence-corrected chi connectivity index (χ2v) is 15.4. The third kappa shape index (κ3) is 5.06. The molecule has 0 aliphatic rings. The van der Waals surface area contributed by atoms with Crippen LogP contribution in [0.15, 0.2) is 158 Å². The van der Waals surface area contributed by atoms with Crippen LogP contribution in [0.4, 0.5) is 0 Å². The summed E-state index contributed by atoms with van der Waals surface area (Å²) < 4.78 is 4.74. The molecule has 0 aliphatic carbocycles. The van der Waals surface area contributed by atoms with Gasteiger partial charge in [-0.25, -0.2) is 9.97 Å². The van der Waals surface area contributed by atoms with Crippen molar-refractivity contribution in [1.29, 1.82) is 0 Å². The van der Waals surface area contributed by atoms with Gasteiger partial charge in [0.05, 0.1) is 44.5 Å². The minimum absolute atomic E-state index is 0.909. The lowest BCUT2D eigenvalue weighted by atomic mass is 10.1. The molecule has 0 N–H and O–H groups in total. The second-order valence-electron chi connectivity index (χ2n) is 15.4. The summed E-state index contributed by atoms with van der Waals surface area (Å²) in [7, 11) is 0. The van der Waals surface area contributed by atoms with Gasteiger partial charge in [0.15, 0.2) is 0 Å². The van der Waals surface area contributed by atoms with Gasteiger partial charge in [0.1, 0.15) is 0 Å². The SMILES string of the molecule is Cc1ccc2c(c1)c1cc(C)ccc1n2-c1ccc(-c2ccc3ccc4ccc(-c5ccc(-n6c7ccc(C)cc7c7cc(C)ccc76)cc5)nc4c3n2)cc1. The molecule has 0 aliphatic heterocycles. The zero-order valence-corrected chi connectivity index (χ0v) is 31.8. The highest BCUT2D eigenvalue weighted by Gasteiger charge is 2.16. The van der Waals surface area contributed by atoms with Gasteiger partial charge in [-0.1, -0.05) is 95.1 Å². The summed E-state index contributed by atoms with van der Waals surface area (Å²) in [6, 6.07) is 57.4. The van der Waals surface area contributed by atoms with E-state index in [2.05, 4.69) is 195 Å². The summed E-state index contributed by atoms with van der Waals surface area (Å²) in [6.45, 7) is 8.65. The monoisotopic (exact) mass is 718 g/mol. The highest BCUT2D eigenvalue weighted by Crippen LogP contribution is 2.36. The van der Waals surface area contributed by atoms with E-state index in [1.54, 1.807) is 0 Å². The molecule has 56 heavy (non-hydrogen) atoms. The average molecular weight is 719 g/mol. The van der Waals surface area contributed by atoms with Crippen LogP contribution < -0.4 is 0 Å². The number of fused-ring (bicyclic) bond motifs is 9. The molecular formula is C52H38N4. The van der Waals surface area contributed by atoms with Crippen molar-refractivity contribution in [2.24, 2.45) is 0 Å². The van der Waals surface area contributed by atoms with Gasteiger partial charge in [-0.15, -0.1) is 0 Å². The molecule has 0 atom stereocenters. The van der Waals surface area contributed by atoms with Crippen LogP contribution in [0, 0.1) is 27.7 Å². The first-order chi connectivity index (χ1) is 27.4. The van der Waals surface area contributed by atoms with Crippen molar-refractivity contribution in [2.75, 3.05) is 0 Å². The first-order valence-electron chi connectivity index (χ1n) is 19.3. The first kappa shape index (κ1) is 32.4. The Morgan fingerprint density at radius 1 is 0.321 bits per heavy atom. The quantitative estimate of drug-likeness (QED) is 0.170. The predicted molar refractivity (Wildman–Crippen MR) is 236 cm³/mol. The van der Waals surface area contributed by atoms with Gasteiger partial charge in [0.2, 0.25) is 0 Å². The fraction of sp³-hybridized carbons (Fsp3) is 0.0769. The Morgan fingerprint density at radius 2 is 0.625 bits per heavy atom. The van der Waals surface area contributed by atoms with Crippen molar-refractivity contribution in [1.82, 2.24) is 19.1 Å². The predicted octanol–water partition coefficient (Wildman–Crippen LogP) is 13.5. The van der Waals surface area contributed by atoms with Gasteiger partial charge in [-0.2, -0.15) is 0 Å². The van der Waals surface area contributed by atoms with Crippen molar-refractivity contribution in [3.63, 3.8) is 0 Å². The maximum atomic E-state index is 5.27. The Hall–Kier alpha value is -7.04. The highest BCUT2D eigenvalue weighted by atomic mass is 15.0. The van der Waals surface area contributed by atoms with E-state index in [1.165, 1.54) is 65.9 Å². The Morgan fingerprint density at radius 3 is 0.946 bits per heavy atom. The second kappa shape index (κ2) is 12.2. The smallest absolute Gasteiger partial charge is 0.0972 e. The molecule has 0 spiro atoms. The van der Waals surface area contributed by atoms with Crippen molar-refractivity contribution >= 4 is 65.4 Å². The zero-order valence-electron chi connectivity index (χ0n) is 31.8. The summed E-state index contributed by atoms with van der Waals surface area (Å²) in [5.74, 6) is 0. The third-order valence-electron chi connectivity index (χ3n) is 11.5. The Balaban J connectivity index is 0.967. The van der Waals surface area contributed by atoms with Crippen LogP contribution in [0.2, 0.25) is 0 Å². The minimum Gasteiger partial charge on any atom is -0.309 e. The highest BCUT2D eigenvalue weighted by molar-refractivity contribution is 6.11. The molecule has 266 valence electrons. The van der Waals surface area contributed by atoms with E-state index in [9.17, 15) is 0 Å². The number of nitrogens with zero attached hydrogens (tertiary/aromatic N) is 4. The molecule has 0 fully saturated rings. The lowest BCUT2D eigenvalue weighted by Gasteiger charge is -2.11. The van der Waals surface area contributed by atoms with E-state index < -0.39 is 0 Å². The molecule has 4 heterocycles. The first-order valence-corrected chi connectivity index (χ1v) is 19.3. The molecule has 0 amide bonds. The lowest BCUT2D eigenvalue weighted by molar-refractivity contribution is 1.18. The summed E-state index contributed by atoms with van der Waals surface area (Å²) in [5, 5.41) is 7.29. The Bertz CT molecular complexity index is 3040. The lowest BCUT2D eigenvalue weighted by Crippen LogP contribution is -1.95. The van der Waals surface area contributed by atoms with Gasteiger partial charge in [0, 0.05) is 54.8 Å². The number of benzene rings is 7. The molecule has 0 bridgehead atoms. The maximum absolute atomic E-state index is 5.27. The van der Waals surface area contributed by atoms with Gasteiger partial charge in [0.25, 0.3) is 0 Å². The normalized spacial score (nSPS) is 11.9. The zero-order chi connectivity index (χ0) is 37.7. The van der Waals surface area contributed by atoms with Crippen LogP contribution in [-0.4, -0.2) is 19.1 Å². The van der Waals surface area contributed by atoms with Gasteiger partial charge in [-0.3, -0.25) is 0 Å². The topological polar surface area (TPSA) is 35.6 Å². The Kier molecular flexibility index (Phi) is 7.08. The van der Waals surface area contributed by atoms with E-state index in [0.717, 1.165) is 55.7 Å². The third-order valence-corrected chi connectivity index (χ3v) is 11.5. The van der Waals surface area contributed by atoms with Crippen molar-refractivity contribution in [3.8, 4) is 33.9 Å². The number of rotatable bonds is 4. The largest absolute Gasteiger partial charge is 0.309 e. The average Bonchev–Trinajstić information content (AvgIpc) is 3.71. The van der Waals surface area contributed by atoms with Crippen molar-refractivity contribution < 1.29 is 0 Å². The van der Waals surface area contributed by atoms with Crippen LogP contribution in [-0.2, 0) is 0 Å². The standard InChI is InChI=1S/C52H38N4/c1-31-5-23-47-41(27-31)42-28-32(2)6-24-48(42)55(47)39-17-11-35(12-18-39)45-21-15-37-9-10-38-16-22-46(54-52(38)51(37)53-45)36-13-19-40(20-14-36)56-49-25-7-33(3)29-43(49)44-30-34(4)8-26-50(44)56/h5-30H,1-4H3. The fourth-order valence-corrected chi connectivity index (χ4v) is 8.71. The maximum Gasteiger partial charge on any atom is 0.0972 e. The minimum atomic E-state index is 0.909. The molecule has 4 aromatic heterocycles. The van der Waals surface area contributed by atoms with Crippen LogP contribution >= 0.6 is 0 Å². The fourth-order valence-electron chi connectivity index (χ4n) is 8.71. The molecule has 0 saturated heterocycles. The summed E-state index contributed by atoms with van der Waals surface area (Å²) >= 11 is 0. The van der Waals surface area contributed by atoms with Gasteiger partial charge >= 0.3 is 0 Å². The van der Waals surface area contributed by atoms with Gasteiger partial charge < -0.3 is 9.13 Å². The van der Waals surface area contributed by atoms with Crippen LogP contribution in [0.25, 0.3) is 99.3 Å². The molecule has 0 unspecified atom stereocenters. The summed E-state index contributed by atoms with van der Waals surface area (Å²) in [6.07, 6.45) is 0.